The third kappa shape index (κ3) is 4.07. The van der Waals surface area contributed by atoms with E-state index in [0.29, 0.717) is 19.4 Å². The highest BCUT2D eigenvalue weighted by Crippen LogP contribution is 2.44. The maximum Gasteiger partial charge on any atom is 0.407 e. The molecule has 168 valence electrons. The Labute approximate surface area is 187 Å². The number of piperidine rings is 1. The number of aliphatic carboxylic acids is 1. The van der Waals surface area contributed by atoms with Crippen molar-refractivity contribution in [2.75, 3.05) is 13.2 Å². The minimum Gasteiger partial charge on any atom is -0.481 e. The summed E-state index contributed by atoms with van der Waals surface area (Å²) in [5, 5.41) is 12.0. The summed E-state index contributed by atoms with van der Waals surface area (Å²) >= 11 is 0. The second-order valence-corrected chi connectivity index (χ2v) is 8.55. The minimum absolute atomic E-state index is 0.0578. The minimum atomic E-state index is -0.896. The maximum absolute atomic E-state index is 12.9. The van der Waals surface area contributed by atoms with Crippen molar-refractivity contribution in [1.82, 2.24) is 10.2 Å². The summed E-state index contributed by atoms with van der Waals surface area (Å²) in [7, 11) is 0. The Balaban J connectivity index is 1.37. The first-order valence-electron chi connectivity index (χ1n) is 11.0. The summed E-state index contributed by atoms with van der Waals surface area (Å²) in [5.74, 6) is -1.84. The fraction of sp³-hybridized carbons (Fsp3) is 0.400. The Hall–Kier alpha value is -3.35. The van der Waals surface area contributed by atoms with Crippen LogP contribution in [-0.4, -0.2) is 53.2 Å². The van der Waals surface area contributed by atoms with E-state index in [0.717, 1.165) is 22.3 Å². The number of ether oxygens (including phenoxy) is 1. The topological polar surface area (TPSA) is 95.9 Å². The van der Waals surface area contributed by atoms with Crippen LogP contribution in [-0.2, 0) is 14.3 Å². The van der Waals surface area contributed by atoms with Crippen molar-refractivity contribution < 1.29 is 24.2 Å². The molecule has 1 saturated heterocycles. The molecule has 1 fully saturated rings. The van der Waals surface area contributed by atoms with Crippen molar-refractivity contribution in [3.05, 3.63) is 59.7 Å². The van der Waals surface area contributed by atoms with Crippen LogP contribution in [0.25, 0.3) is 11.1 Å². The van der Waals surface area contributed by atoms with Crippen LogP contribution in [0.3, 0.4) is 0 Å². The average Bonchev–Trinajstić information content (AvgIpc) is 3.11. The van der Waals surface area contributed by atoms with Crippen LogP contribution >= 0.6 is 0 Å². The molecular formula is C25H28N2O5. The Morgan fingerprint density at radius 1 is 1.09 bits per heavy atom. The number of alkyl carbamates (subject to hydrolysis) is 1. The summed E-state index contributed by atoms with van der Waals surface area (Å²) in [4.78, 5) is 38.3. The van der Waals surface area contributed by atoms with Gasteiger partial charge >= 0.3 is 12.1 Å². The predicted molar refractivity (Wildman–Crippen MR) is 119 cm³/mol. The predicted octanol–water partition coefficient (Wildman–Crippen LogP) is 3.63. The number of hydrogen-bond donors (Lipinski definition) is 2. The molecule has 7 heteroatoms. The van der Waals surface area contributed by atoms with E-state index >= 15 is 0 Å². The van der Waals surface area contributed by atoms with Gasteiger partial charge in [0.05, 0.1) is 5.92 Å². The number of amides is 2. The van der Waals surface area contributed by atoms with Crippen molar-refractivity contribution >= 4 is 18.0 Å². The van der Waals surface area contributed by atoms with Gasteiger partial charge in [-0.1, -0.05) is 48.5 Å². The summed E-state index contributed by atoms with van der Waals surface area (Å²) in [6.07, 6.45) is 0.520. The van der Waals surface area contributed by atoms with Gasteiger partial charge in [0.25, 0.3) is 0 Å². The molecule has 7 nitrogen and oxygen atoms in total. The summed E-state index contributed by atoms with van der Waals surface area (Å²) < 4.78 is 5.52. The Bertz CT molecular complexity index is 991. The zero-order chi connectivity index (χ0) is 22.8. The van der Waals surface area contributed by atoms with Gasteiger partial charge in [-0.25, -0.2) is 4.79 Å². The molecule has 0 radical (unpaired) electrons. The van der Waals surface area contributed by atoms with Crippen LogP contribution in [0.4, 0.5) is 4.79 Å². The lowest BCUT2D eigenvalue weighted by atomic mass is 9.90. The lowest BCUT2D eigenvalue weighted by Gasteiger charge is -2.38. The third-order valence-electron chi connectivity index (χ3n) is 6.64. The number of nitrogens with zero attached hydrogens (tertiary/aromatic N) is 1. The average molecular weight is 437 g/mol. The number of carboxylic acid groups (broad SMARTS) is 1. The molecule has 0 saturated carbocycles. The normalized spacial score (nSPS) is 20.8. The number of carboxylic acids is 1. The molecule has 0 bridgehead atoms. The van der Waals surface area contributed by atoms with Gasteiger partial charge in [0.1, 0.15) is 12.6 Å². The largest absolute Gasteiger partial charge is 0.481 e. The standard InChI is InChI=1S/C25H28N2O5/c1-15(23(28)27-13-7-12-17(16(27)2)24(29)30)26-25(31)32-14-22-20-10-5-3-8-18(20)19-9-4-6-11-21(19)22/h3-6,8-11,15-17,22H,7,12-14H2,1-2H3,(H,26,31)(H,29,30)/t15?,16-,17-/m1/s1. The van der Waals surface area contributed by atoms with E-state index in [-0.39, 0.29) is 18.4 Å². The quantitative estimate of drug-likeness (QED) is 0.746. The Morgan fingerprint density at radius 2 is 1.69 bits per heavy atom. The van der Waals surface area contributed by atoms with E-state index < -0.39 is 30.1 Å². The first-order valence-corrected chi connectivity index (χ1v) is 11.0. The van der Waals surface area contributed by atoms with Crippen molar-refractivity contribution in [3.63, 3.8) is 0 Å². The zero-order valence-electron chi connectivity index (χ0n) is 18.3. The molecule has 0 spiro atoms. The van der Waals surface area contributed by atoms with Gasteiger partial charge in [0, 0.05) is 18.5 Å². The SMILES string of the molecule is CC(NC(=O)OCC1c2ccccc2-c2ccccc21)C(=O)N1CCC[C@@H](C(=O)O)[C@H]1C. The van der Waals surface area contributed by atoms with Crippen LogP contribution in [0.1, 0.15) is 43.7 Å². The monoisotopic (exact) mass is 436 g/mol. The van der Waals surface area contributed by atoms with Gasteiger partial charge in [-0.15, -0.1) is 0 Å². The number of carbonyl (C=O) groups is 3. The zero-order valence-corrected chi connectivity index (χ0v) is 18.3. The Morgan fingerprint density at radius 3 is 2.28 bits per heavy atom. The number of benzene rings is 2. The van der Waals surface area contributed by atoms with E-state index in [9.17, 15) is 19.5 Å². The van der Waals surface area contributed by atoms with Crippen LogP contribution in [0, 0.1) is 5.92 Å². The number of likely N-dealkylation sites (tertiary alicyclic amines) is 1. The van der Waals surface area contributed by atoms with Crippen molar-refractivity contribution in [2.45, 2.75) is 44.7 Å². The molecule has 1 aliphatic heterocycles. The molecule has 4 rings (SSSR count). The second-order valence-electron chi connectivity index (χ2n) is 8.55. The fourth-order valence-corrected chi connectivity index (χ4v) is 4.91. The first kappa shape index (κ1) is 21.9. The van der Waals surface area contributed by atoms with Crippen LogP contribution in [0.2, 0.25) is 0 Å². The lowest BCUT2D eigenvalue weighted by Crippen LogP contribution is -2.55. The van der Waals surface area contributed by atoms with E-state index in [4.69, 9.17) is 4.74 Å². The van der Waals surface area contributed by atoms with Gasteiger partial charge in [0.15, 0.2) is 0 Å². The van der Waals surface area contributed by atoms with Gasteiger partial charge in [-0.3, -0.25) is 9.59 Å². The molecule has 2 aliphatic rings. The van der Waals surface area contributed by atoms with Gasteiger partial charge in [-0.05, 0) is 48.9 Å². The summed E-state index contributed by atoms with van der Waals surface area (Å²) in [6, 6.07) is 14.9. The van der Waals surface area contributed by atoms with Crippen LogP contribution in [0.15, 0.2) is 48.5 Å². The van der Waals surface area contributed by atoms with Crippen molar-refractivity contribution in [2.24, 2.45) is 5.92 Å². The number of carbonyl (C=O) groups excluding carboxylic acids is 2. The molecule has 0 aromatic heterocycles. The molecule has 2 aromatic rings. The maximum atomic E-state index is 12.9. The molecular weight excluding hydrogens is 408 g/mol. The molecule has 1 unspecified atom stereocenters. The highest BCUT2D eigenvalue weighted by Gasteiger charge is 2.37. The molecule has 3 atom stereocenters. The molecule has 1 aliphatic carbocycles. The molecule has 1 heterocycles. The van der Waals surface area contributed by atoms with E-state index in [1.54, 1.807) is 18.7 Å². The summed E-state index contributed by atoms with van der Waals surface area (Å²) in [5.41, 5.74) is 4.53. The second kappa shape index (κ2) is 9.02. The first-order chi connectivity index (χ1) is 15.4. The van der Waals surface area contributed by atoms with E-state index in [1.807, 2.05) is 36.4 Å². The van der Waals surface area contributed by atoms with Crippen molar-refractivity contribution in [3.8, 4) is 11.1 Å². The molecule has 32 heavy (non-hydrogen) atoms. The van der Waals surface area contributed by atoms with E-state index in [1.165, 1.54) is 0 Å². The van der Waals surface area contributed by atoms with E-state index in [2.05, 4.69) is 17.4 Å². The highest BCUT2D eigenvalue weighted by atomic mass is 16.5. The summed E-state index contributed by atoms with van der Waals surface area (Å²) in [6.45, 7) is 4.00. The van der Waals surface area contributed by atoms with Crippen LogP contribution < -0.4 is 5.32 Å². The highest BCUT2D eigenvalue weighted by molar-refractivity contribution is 5.86. The number of hydrogen-bond acceptors (Lipinski definition) is 4. The van der Waals surface area contributed by atoms with Gasteiger partial charge < -0.3 is 20.1 Å². The van der Waals surface area contributed by atoms with Gasteiger partial charge in [-0.2, -0.15) is 0 Å². The van der Waals surface area contributed by atoms with Crippen molar-refractivity contribution in [1.29, 1.82) is 0 Å². The third-order valence-corrected chi connectivity index (χ3v) is 6.64. The number of fused-ring (bicyclic) bond motifs is 3. The smallest absolute Gasteiger partial charge is 0.407 e. The molecule has 2 aromatic carbocycles. The Kier molecular flexibility index (Phi) is 6.17. The number of rotatable bonds is 5. The fourth-order valence-electron chi connectivity index (χ4n) is 4.91. The number of nitrogens with one attached hydrogen (secondary N) is 1. The van der Waals surface area contributed by atoms with Crippen LogP contribution in [0.5, 0.6) is 0 Å². The van der Waals surface area contributed by atoms with Gasteiger partial charge in [0.2, 0.25) is 5.91 Å². The molecule has 2 N–H and O–H groups in total. The lowest BCUT2D eigenvalue weighted by molar-refractivity contribution is -0.149. The molecule has 2 amide bonds.